The Bertz CT molecular complexity index is 1190. The van der Waals surface area contributed by atoms with Crippen molar-refractivity contribution in [2.45, 2.75) is 45.6 Å². The molecule has 1 aromatic heterocycles. The van der Waals surface area contributed by atoms with E-state index in [2.05, 4.69) is 47.2 Å². The molecule has 1 saturated heterocycles. The molecule has 1 atom stereocenters. The van der Waals surface area contributed by atoms with E-state index in [0.29, 0.717) is 55.1 Å². The van der Waals surface area contributed by atoms with Crippen LogP contribution in [0.4, 0.5) is 17.5 Å². The van der Waals surface area contributed by atoms with Gasteiger partial charge in [0.2, 0.25) is 17.8 Å². The molecule has 1 aliphatic heterocycles. The Morgan fingerprint density at radius 1 is 1.18 bits per heavy atom. The number of halogens is 1. The smallest absolute Gasteiger partial charge is 0.306 e. The van der Waals surface area contributed by atoms with Crippen molar-refractivity contribution in [1.29, 1.82) is 0 Å². The highest BCUT2D eigenvalue weighted by atomic mass is 79.9. The molecule has 0 aliphatic carbocycles. The lowest BCUT2D eigenvalue weighted by molar-refractivity contribution is -0.148. The normalized spacial score (nSPS) is 14.9. The van der Waals surface area contributed by atoms with Crippen LogP contribution in [0.15, 0.2) is 34.9 Å². The quantitative estimate of drug-likeness (QED) is 0.132. The highest BCUT2D eigenvalue weighted by molar-refractivity contribution is 9.10. The van der Waals surface area contributed by atoms with Crippen LogP contribution in [-0.2, 0) is 30.3 Å². The van der Waals surface area contributed by atoms with E-state index >= 15 is 0 Å². The third-order valence-corrected chi connectivity index (χ3v) is 6.51. The molecular formula is C25H32BrN7O5. The number of ether oxygens (including phenoxy) is 1. The molecule has 6 N–H and O–H groups in total. The van der Waals surface area contributed by atoms with Crippen molar-refractivity contribution in [1.82, 2.24) is 20.6 Å². The summed E-state index contributed by atoms with van der Waals surface area (Å²) >= 11 is 3.43. The maximum Gasteiger partial charge on any atom is 0.306 e. The zero-order chi connectivity index (χ0) is 27.7. The molecule has 38 heavy (non-hydrogen) atoms. The predicted octanol–water partition coefficient (Wildman–Crippen LogP) is 1.78. The van der Waals surface area contributed by atoms with E-state index in [-0.39, 0.29) is 18.3 Å². The Labute approximate surface area is 229 Å². The number of primary amides is 1. The largest absolute Gasteiger partial charge is 0.452 e. The first-order valence-electron chi connectivity index (χ1n) is 12.2. The van der Waals surface area contributed by atoms with Gasteiger partial charge in [0.25, 0.3) is 5.91 Å². The Hall–Kier alpha value is -3.74. The van der Waals surface area contributed by atoms with Crippen molar-refractivity contribution >= 4 is 57.1 Å². The number of rotatable bonds is 13. The number of carbonyl (C=O) groups excluding carboxylic acids is 4. The average Bonchev–Trinajstić information content (AvgIpc) is 3.32. The first kappa shape index (κ1) is 28.8. The first-order valence-corrected chi connectivity index (χ1v) is 13.0. The molecule has 2 heterocycles. The van der Waals surface area contributed by atoms with E-state index in [1.807, 2.05) is 24.3 Å². The minimum atomic E-state index is -1.26. The van der Waals surface area contributed by atoms with Crippen LogP contribution in [0.3, 0.4) is 0 Å². The summed E-state index contributed by atoms with van der Waals surface area (Å²) in [5.41, 5.74) is 5.78. The second-order valence-electron chi connectivity index (χ2n) is 9.30. The van der Waals surface area contributed by atoms with Crippen molar-refractivity contribution in [3.8, 4) is 0 Å². The van der Waals surface area contributed by atoms with Gasteiger partial charge in [-0.3, -0.25) is 19.2 Å². The molecule has 0 spiro atoms. The fourth-order valence-electron chi connectivity index (χ4n) is 3.47. The van der Waals surface area contributed by atoms with Crippen LogP contribution in [0.25, 0.3) is 0 Å². The van der Waals surface area contributed by atoms with Crippen molar-refractivity contribution in [2.75, 3.05) is 30.3 Å². The van der Waals surface area contributed by atoms with Gasteiger partial charge >= 0.3 is 5.97 Å². The molecule has 1 aliphatic rings. The maximum atomic E-state index is 12.1. The van der Waals surface area contributed by atoms with Gasteiger partial charge in [-0.25, -0.2) is 4.98 Å². The number of carbonyl (C=O) groups is 4. The summed E-state index contributed by atoms with van der Waals surface area (Å²) in [6.45, 7) is 4.28. The number of benzene rings is 1. The summed E-state index contributed by atoms with van der Waals surface area (Å²) in [4.78, 5) is 55.5. The zero-order valence-corrected chi connectivity index (χ0v) is 22.9. The van der Waals surface area contributed by atoms with Gasteiger partial charge in [0.15, 0.2) is 6.10 Å². The highest BCUT2D eigenvalue weighted by Gasteiger charge is 2.33. The summed E-state index contributed by atoms with van der Waals surface area (Å²) in [6.07, 6.45) is 2.82. The molecular weight excluding hydrogens is 558 g/mol. The maximum absolute atomic E-state index is 12.1. The molecule has 13 heteroatoms. The Morgan fingerprint density at radius 2 is 1.97 bits per heavy atom. The molecule has 2 aromatic rings. The van der Waals surface area contributed by atoms with E-state index in [1.165, 1.54) is 13.8 Å². The SMILES string of the molecule is CC(C)(C(N)=O)C(=O)NCCCNc1nc(Nc2cccc(CCNC(=O)C3CCC(=O)O3)c2)ncc1Br. The average molecular weight is 590 g/mol. The van der Waals surface area contributed by atoms with Crippen molar-refractivity contribution in [3.05, 3.63) is 40.5 Å². The number of nitrogens with one attached hydrogen (secondary N) is 4. The third kappa shape index (κ3) is 8.13. The predicted molar refractivity (Wildman–Crippen MR) is 144 cm³/mol. The van der Waals surface area contributed by atoms with Gasteiger partial charge in [0.05, 0.1) is 4.47 Å². The molecule has 3 amide bonds. The highest BCUT2D eigenvalue weighted by Crippen LogP contribution is 2.22. The second-order valence-corrected chi connectivity index (χ2v) is 10.2. The Kier molecular flexibility index (Phi) is 9.99. The molecule has 1 aromatic carbocycles. The lowest BCUT2D eigenvalue weighted by atomic mass is 9.91. The van der Waals surface area contributed by atoms with Crippen LogP contribution in [0, 0.1) is 5.41 Å². The summed E-state index contributed by atoms with van der Waals surface area (Å²) in [6, 6.07) is 7.67. The number of aromatic nitrogens is 2. The van der Waals surface area contributed by atoms with Crippen molar-refractivity contribution in [2.24, 2.45) is 11.1 Å². The minimum Gasteiger partial charge on any atom is -0.452 e. The summed E-state index contributed by atoms with van der Waals surface area (Å²) in [5, 5.41) is 11.9. The number of hydrogen-bond acceptors (Lipinski definition) is 9. The Balaban J connectivity index is 1.46. The summed E-state index contributed by atoms with van der Waals surface area (Å²) < 4.78 is 5.66. The topological polar surface area (TPSA) is 177 Å². The van der Waals surface area contributed by atoms with Gasteiger partial charge in [-0.1, -0.05) is 12.1 Å². The van der Waals surface area contributed by atoms with Crippen molar-refractivity contribution < 1.29 is 23.9 Å². The zero-order valence-electron chi connectivity index (χ0n) is 21.3. The van der Waals surface area contributed by atoms with E-state index in [9.17, 15) is 19.2 Å². The number of hydrogen-bond donors (Lipinski definition) is 5. The lowest BCUT2D eigenvalue weighted by Gasteiger charge is -2.19. The van der Waals surface area contributed by atoms with E-state index in [0.717, 1.165) is 11.3 Å². The molecule has 204 valence electrons. The van der Waals surface area contributed by atoms with Crippen LogP contribution in [0.5, 0.6) is 0 Å². The molecule has 0 radical (unpaired) electrons. The number of esters is 1. The molecule has 12 nitrogen and oxygen atoms in total. The molecule has 3 rings (SSSR count). The van der Waals surface area contributed by atoms with Gasteiger partial charge in [-0.15, -0.1) is 0 Å². The van der Waals surface area contributed by atoms with Crippen LogP contribution in [0.1, 0.15) is 38.7 Å². The van der Waals surface area contributed by atoms with Gasteiger partial charge in [-0.05, 0) is 60.3 Å². The van der Waals surface area contributed by atoms with Gasteiger partial charge in [0, 0.05) is 44.4 Å². The van der Waals surface area contributed by atoms with Crippen LogP contribution in [0.2, 0.25) is 0 Å². The second kappa shape index (κ2) is 13.2. The van der Waals surface area contributed by atoms with Gasteiger partial charge in [-0.2, -0.15) is 4.98 Å². The number of nitrogens with two attached hydrogens (primary N) is 1. The number of amides is 3. The van der Waals surface area contributed by atoms with E-state index < -0.39 is 23.3 Å². The lowest BCUT2D eigenvalue weighted by Crippen LogP contribution is -2.46. The van der Waals surface area contributed by atoms with Crippen LogP contribution in [-0.4, -0.2) is 59.4 Å². The minimum absolute atomic E-state index is 0.273. The summed E-state index contributed by atoms with van der Waals surface area (Å²) in [7, 11) is 0. The third-order valence-electron chi connectivity index (χ3n) is 5.93. The van der Waals surface area contributed by atoms with E-state index in [4.69, 9.17) is 10.5 Å². The Morgan fingerprint density at radius 3 is 2.68 bits per heavy atom. The fraction of sp³-hybridized carbons (Fsp3) is 0.440. The number of cyclic esters (lactones) is 1. The summed E-state index contributed by atoms with van der Waals surface area (Å²) in [5.74, 6) is -0.733. The van der Waals surface area contributed by atoms with E-state index in [1.54, 1.807) is 6.20 Å². The van der Waals surface area contributed by atoms with Crippen LogP contribution >= 0.6 is 15.9 Å². The molecule has 1 fully saturated rings. The van der Waals surface area contributed by atoms with Gasteiger partial charge in [0.1, 0.15) is 11.2 Å². The fourth-order valence-corrected chi connectivity index (χ4v) is 3.80. The number of nitrogens with zero attached hydrogens (tertiary/aromatic N) is 2. The van der Waals surface area contributed by atoms with Gasteiger partial charge < -0.3 is 31.7 Å². The standard InChI is InChI=1S/C25H32BrN7O5/c1-25(2,22(27)36)23(37)30-11-4-10-28-20-17(26)14-31-24(33-20)32-16-6-3-5-15(13-16)9-12-29-21(35)18-7-8-19(34)38-18/h3,5-6,13-14,18H,4,7-12H2,1-2H3,(H2,27,36)(H,29,35)(H,30,37)(H2,28,31,32,33). The molecule has 0 bridgehead atoms. The molecule has 1 unspecified atom stereocenters. The number of anilines is 3. The van der Waals surface area contributed by atoms with Crippen molar-refractivity contribution in [3.63, 3.8) is 0 Å². The monoisotopic (exact) mass is 589 g/mol. The van der Waals surface area contributed by atoms with Crippen LogP contribution < -0.4 is 27.0 Å². The molecule has 0 saturated carbocycles. The first-order chi connectivity index (χ1) is 18.1.